The molecule has 2 aromatic carbocycles. The third-order valence-corrected chi connectivity index (χ3v) is 6.58. The van der Waals surface area contributed by atoms with Crippen molar-refractivity contribution in [3.8, 4) is 0 Å². The quantitative estimate of drug-likeness (QED) is 0.542. The molecule has 1 aromatic heterocycles. The number of carbonyl (C=O) groups is 1. The fraction of sp³-hybridized carbons (Fsp3) is 0.417. The molecule has 33 heavy (non-hydrogen) atoms. The fourth-order valence-electron chi connectivity index (χ4n) is 4.81. The number of nitrogens with one attached hydrogen (secondary N) is 2. The average molecular weight is 497 g/mol. The highest BCUT2D eigenvalue weighted by molar-refractivity contribution is 5.94. The number of hydrogen-bond donors (Lipinski definition) is 2. The Bertz CT molecular complexity index is 1110. The Morgan fingerprint density at radius 2 is 1.85 bits per heavy atom. The number of amides is 1. The van der Waals surface area contributed by atoms with Gasteiger partial charge in [0.2, 0.25) is 0 Å². The Hall–Kier alpha value is -2.22. The number of halogens is 4. The number of aromatic nitrogens is 2. The van der Waals surface area contributed by atoms with Crippen molar-refractivity contribution in [3.05, 3.63) is 65.0 Å². The van der Waals surface area contributed by atoms with Gasteiger partial charge in [0.15, 0.2) is 0 Å². The predicted molar refractivity (Wildman–Crippen MR) is 130 cm³/mol. The Labute approximate surface area is 204 Å². The van der Waals surface area contributed by atoms with E-state index in [2.05, 4.69) is 15.3 Å². The second-order valence-electron chi connectivity index (χ2n) is 8.73. The number of carbonyl (C=O) groups excluding carboxylic acids is 1. The van der Waals surface area contributed by atoms with E-state index in [1.165, 1.54) is 18.2 Å². The van der Waals surface area contributed by atoms with E-state index in [1.54, 1.807) is 23.1 Å². The Balaban J connectivity index is 0.00000153. The van der Waals surface area contributed by atoms with Gasteiger partial charge in [-0.3, -0.25) is 4.79 Å². The van der Waals surface area contributed by atoms with Crippen LogP contribution >= 0.6 is 24.8 Å². The summed E-state index contributed by atoms with van der Waals surface area (Å²) in [5.41, 5.74) is 2.61. The van der Waals surface area contributed by atoms with E-state index in [1.807, 2.05) is 0 Å². The largest absolute Gasteiger partial charge is 0.342 e. The van der Waals surface area contributed by atoms with E-state index in [-0.39, 0.29) is 48.0 Å². The number of imidazole rings is 1. The van der Waals surface area contributed by atoms with Crippen LogP contribution in [0, 0.1) is 17.6 Å². The number of benzene rings is 2. The Morgan fingerprint density at radius 1 is 1.06 bits per heavy atom. The predicted octanol–water partition coefficient (Wildman–Crippen LogP) is 4.86. The van der Waals surface area contributed by atoms with Gasteiger partial charge in [0.1, 0.15) is 17.5 Å². The number of aromatic amines is 1. The van der Waals surface area contributed by atoms with Crippen molar-refractivity contribution in [1.29, 1.82) is 0 Å². The molecule has 0 bridgehead atoms. The lowest BCUT2D eigenvalue weighted by Gasteiger charge is -2.31. The molecule has 0 aliphatic carbocycles. The van der Waals surface area contributed by atoms with Gasteiger partial charge in [0, 0.05) is 19.0 Å². The molecular formula is C24H28Cl2F2N4O. The van der Waals surface area contributed by atoms with E-state index in [9.17, 15) is 13.6 Å². The van der Waals surface area contributed by atoms with Crippen molar-refractivity contribution in [3.63, 3.8) is 0 Å². The number of hydrogen-bond acceptors (Lipinski definition) is 3. The molecule has 1 amide bonds. The van der Waals surface area contributed by atoms with Gasteiger partial charge >= 0.3 is 0 Å². The van der Waals surface area contributed by atoms with Gasteiger partial charge in [-0.05, 0) is 80.6 Å². The summed E-state index contributed by atoms with van der Waals surface area (Å²) < 4.78 is 27.9. The van der Waals surface area contributed by atoms with E-state index in [0.717, 1.165) is 55.7 Å². The molecule has 2 aliphatic heterocycles. The molecule has 0 saturated carbocycles. The van der Waals surface area contributed by atoms with Crippen LogP contribution in [0.2, 0.25) is 0 Å². The van der Waals surface area contributed by atoms with Crippen LogP contribution in [-0.2, 0) is 6.42 Å². The molecule has 5 nitrogen and oxygen atoms in total. The van der Waals surface area contributed by atoms with Crippen molar-refractivity contribution < 1.29 is 13.6 Å². The van der Waals surface area contributed by atoms with Gasteiger partial charge in [-0.15, -0.1) is 24.8 Å². The van der Waals surface area contributed by atoms with E-state index in [0.29, 0.717) is 24.5 Å². The zero-order valence-electron chi connectivity index (χ0n) is 18.2. The average Bonchev–Trinajstić information content (AvgIpc) is 3.44. The summed E-state index contributed by atoms with van der Waals surface area (Å²) in [6.45, 7) is 3.09. The monoisotopic (exact) mass is 496 g/mol. The van der Waals surface area contributed by atoms with Gasteiger partial charge in [-0.1, -0.05) is 6.07 Å². The van der Waals surface area contributed by atoms with Crippen molar-refractivity contribution in [2.45, 2.75) is 31.6 Å². The van der Waals surface area contributed by atoms with E-state index in [4.69, 9.17) is 0 Å². The first-order valence-corrected chi connectivity index (χ1v) is 11.0. The molecule has 2 fully saturated rings. The Morgan fingerprint density at radius 3 is 2.58 bits per heavy atom. The molecule has 0 radical (unpaired) electrons. The number of nitrogens with zero attached hydrogens (tertiary/aromatic N) is 2. The molecule has 2 saturated heterocycles. The minimum atomic E-state index is -0.459. The van der Waals surface area contributed by atoms with E-state index < -0.39 is 5.82 Å². The molecule has 5 rings (SSSR count). The van der Waals surface area contributed by atoms with Crippen molar-refractivity contribution >= 4 is 41.8 Å². The topological polar surface area (TPSA) is 61.0 Å². The molecule has 2 N–H and O–H groups in total. The van der Waals surface area contributed by atoms with Crippen LogP contribution in [0.5, 0.6) is 0 Å². The van der Waals surface area contributed by atoms with Crippen LogP contribution in [0.3, 0.4) is 0 Å². The number of rotatable bonds is 4. The first kappa shape index (κ1) is 25.4. The van der Waals surface area contributed by atoms with Crippen LogP contribution in [-0.4, -0.2) is 47.0 Å². The van der Waals surface area contributed by atoms with Crippen molar-refractivity contribution in [2.75, 3.05) is 26.2 Å². The summed E-state index contributed by atoms with van der Waals surface area (Å²) in [7, 11) is 0. The number of likely N-dealkylation sites (tertiary alicyclic amines) is 1. The highest BCUT2D eigenvalue weighted by Crippen LogP contribution is 2.29. The zero-order valence-corrected chi connectivity index (χ0v) is 19.8. The lowest BCUT2D eigenvalue weighted by atomic mass is 9.94. The normalized spacial score (nSPS) is 18.7. The zero-order chi connectivity index (χ0) is 21.4. The van der Waals surface area contributed by atoms with Crippen LogP contribution in [0.1, 0.15) is 46.9 Å². The summed E-state index contributed by atoms with van der Waals surface area (Å²) >= 11 is 0. The lowest BCUT2D eigenvalue weighted by Crippen LogP contribution is -2.38. The first-order chi connectivity index (χ1) is 15.1. The fourth-order valence-corrected chi connectivity index (χ4v) is 4.81. The maximum absolute atomic E-state index is 14.5. The smallest absolute Gasteiger partial charge is 0.256 e. The third kappa shape index (κ3) is 5.48. The summed E-state index contributed by atoms with van der Waals surface area (Å²) in [5, 5.41) is 3.35. The van der Waals surface area contributed by atoms with E-state index >= 15 is 0 Å². The second-order valence-corrected chi connectivity index (χ2v) is 8.73. The molecule has 178 valence electrons. The summed E-state index contributed by atoms with van der Waals surface area (Å²) in [6.07, 6.45) is 3.46. The van der Waals surface area contributed by atoms with Crippen LogP contribution in [0.4, 0.5) is 8.78 Å². The molecule has 3 aromatic rings. The summed E-state index contributed by atoms with van der Waals surface area (Å²) in [4.78, 5) is 22.6. The van der Waals surface area contributed by atoms with Gasteiger partial charge in [0.25, 0.3) is 5.91 Å². The first-order valence-electron chi connectivity index (χ1n) is 11.0. The molecular weight excluding hydrogens is 469 g/mol. The number of H-pyrrole nitrogens is 1. The Kier molecular flexibility index (Phi) is 8.32. The van der Waals surface area contributed by atoms with Crippen molar-refractivity contribution in [1.82, 2.24) is 20.2 Å². The third-order valence-electron chi connectivity index (χ3n) is 6.58. The van der Waals surface area contributed by atoms with Crippen LogP contribution < -0.4 is 5.32 Å². The molecule has 1 atom stereocenters. The van der Waals surface area contributed by atoms with Gasteiger partial charge < -0.3 is 15.2 Å². The maximum atomic E-state index is 14.5. The molecule has 2 aliphatic rings. The molecule has 1 unspecified atom stereocenters. The highest BCUT2D eigenvalue weighted by Gasteiger charge is 2.28. The standard InChI is InChI=1S/C24H26F2N4O.2ClH/c25-18-2-4-21-22(13-18)29-23(28-21)17-6-9-30(10-7-17)24(31)19-12-15(1-3-20(19)26)11-16-5-8-27-14-16;;/h1-4,12-13,16-17,27H,5-11,14H2,(H,28,29);2*1H. The van der Waals surface area contributed by atoms with Gasteiger partial charge in [-0.25, -0.2) is 13.8 Å². The number of fused-ring (bicyclic) bond motifs is 1. The molecule has 3 heterocycles. The maximum Gasteiger partial charge on any atom is 0.256 e. The SMILES string of the molecule is Cl.Cl.O=C(c1cc(CC2CCNC2)ccc1F)N1CCC(c2nc3ccc(F)cc3[nH]2)CC1. The van der Waals surface area contributed by atoms with Crippen molar-refractivity contribution in [2.24, 2.45) is 5.92 Å². The minimum absolute atomic E-state index is 0. The van der Waals surface area contributed by atoms with Crippen LogP contribution in [0.15, 0.2) is 36.4 Å². The summed E-state index contributed by atoms with van der Waals surface area (Å²) in [6, 6.07) is 9.46. The van der Waals surface area contributed by atoms with Crippen LogP contribution in [0.25, 0.3) is 11.0 Å². The second kappa shape index (κ2) is 10.8. The summed E-state index contributed by atoms with van der Waals surface area (Å²) in [5.74, 6) is 0.545. The molecule has 9 heteroatoms. The highest BCUT2D eigenvalue weighted by atomic mass is 35.5. The minimum Gasteiger partial charge on any atom is -0.342 e. The van der Waals surface area contributed by atoms with Gasteiger partial charge in [-0.2, -0.15) is 0 Å². The number of piperidine rings is 1. The lowest BCUT2D eigenvalue weighted by molar-refractivity contribution is 0.0706. The van der Waals surface area contributed by atoms with Gasteiger partial charge in [0.05, 0.1) is 16.6 Å². The molecule has 0 spiro atoms.